The summed E-state index contributed by atoms with van der Waals surface area (Å²) in [6.07, 6.45) is -0.358. The van der Waals surface area contributed by atoms with Gasteiger partial charge < -0.3 is 4.74 Å². The zero-order valence-electron chi connectivity index (χ0n) is 11.2. The minimum atomic E-state index is -0.358. The van der Waals surface area contributed by atoms with Crippen molar-refractivity contribution in [1.29, 1.82) is 0 Å². The maximum absolute atomic E-state index is 12.2. The van der Waals surface area contributed by atoms with Gasteiger partial charge in [-0.05, 0) is 37.6 Å². The molecule has 3 nitrogen and oxygen atoms in total. The van der Waals surface area contributed by atoms with E-state index < -0.39 is 0 Å². The molecule has 98 valence electrons. The van der Waals surface area contributed by atoms with Crippen molar-refractivity contribution in [2.45, 2.75) is 13.8 Å². The van der Waals surface area contributed by atoms with Crippen molar-refractivity contribution in [2.24, 2.45) is 0 Å². The summed E-state index contributed by atoms with van der Waals surface area (Å²) in [7, 11) is 0. The third kappa shape index (κ3) is 2.94. The SMILES string of the molecule is CCOC(=O)N(c1ccccc1)c1ccccc1C. The molecule has 0 heterocycles. The lowest BCUT2D eigenvalue weighted by Gasteiger charge is -2.23. The van der Waals surface area contributed by atoms with Gasteiger partial charge in [0.15, 0.2) is 0 Å². The lowest BCUT2D eigenvalue weighted by molar-refractivity contribution is 0.162. The van der Waals surface area contributed by atoms with E-state index in [9.17, 15) is 4.79 Å². The van der Waals surface area contributed by atoms with Gasteiger partial charge in [0.05, 0.1) is 18.0 Å². The van der Waals surface area contributed by atoms with Crippen LogP contribution in [0.3, 0.4) is 0 Å². The number of aryl methyl sites for hydroxylation is 1. The normalized spacial score (nSPS) is 10.0. The highest BCUT2D eigenvalue weighted by Crippen LogP contribution is 2.28. The first-order chi connectivity index (χ1) is 9.24. The second kappa shape index (κ2) is 6.05. The van der Waals surface area contributed by atoms with Crippen molar-refractivity contribution in [2.75, 3.05) is 11.5 Å². The number of hydrogen-bond donors (Lipinski definition) is 0. The van der Waals surface area contributed by atoms with Gasteiger partial charge in [-0.1, -0.05) is 36.4 Å². The van der Waals surface area contributed by atoms with Crippen LogP contribution in [-0.4, -0.2) is 12.7 Å². The lowest BCUT2D eigenvalue weighted by Crippen LogP contribution is -2.27. The van der Waals surface area contributed by atoms with Crippen molar-refractivity contribution in [3.63, 3.8) is 0 Å². The molecule has 2 aromatic carbocycles. The van der Waals surface area contributed by atoms with Crippen molar-refractivity contribution in [3.05, 3.63) is 60.2 Å². The average molecular weight is 255 g/mol. The molecule has 0 spiro atoms. The second-order valence-corrected chi connectivity index (χ2v) is 4.16. The van der Waals surface area contributed by atoms with Crippen LogP contribution in [0.5, 0.6) is 0 Å². The van der Waals surface area contributed by atoms with E-state index in [1.165, 1.54) is 0 Å². The van der Waals surface area contributed by atoms with E-state index in [-0.39, 0.29) is 6.09 Å². The second-order valence-electron chi connectivity index (χ2n) is 4.16. The summed E-state index contributed by atoms with van der Waals surface area (Å²) < 4.78 is 5.15. The van der Waals surface area contributed by atoms with Gasteiger partial charge in [-0.3, -0.25) is 0 Å². The topological polar surface area (TPSA) is 29.5 Å². The molecule has 0 saturated carbocycles. The first kappa shape index (κ1) is 13.1. The fraction of sp³-hybridized carbons (Fsp3) is 0.188. The molecule has 0 aliphatic rings. The van der Waals surface area contributed by atoms with E-state index in [0.29, 0.717) is 6.61 Å². The molecule has 19 heavy (non-hydrogen) atoms. The van der Waals surface area contributed by atoms with E-state index >= 15 is 0 Å². The molecule has 0 saturated heterocycles. The summed E-state index contributed by atoms with van der Waals surface area (Å²) in [5.74, 6) is 0. The van der Waals surface area contributed by atoms with Crippen LogP contribution in [-0.2, 0) is 4.74 Å². The first-order valence-corrected chi connectivity index (χ1v) is 6.31. The smallest absolute Gasteiger partial charge is 0.418 e. The molecule has 2 rings (SSSR count). The molecule has 0 unspecified atom stereocenters. The number of carbonyl (C=O) groups is 1. The van der Waals surface area contributed by atoms with Crippen molar-refractivity contribution in [1.82, 2.24) is 0 Å². The molecule has 0 bridgehead atoms. The molecule has 0 N–H and O–H groups in total. The van der Waals surface area contributed by atoms with Gasteiger partial charge in [-0.15, -0.1) is 0 Å². The van der Waals surface area contributed by atoms with Crippen molar-refractivity contribution >= 4 is 17.5 Å². The maximum atomic E-state index is 12.2. The Morgan fingerprint density at radius 2 is 1.68 bits per heavy atom. The van der Waals surface area contributed by atoms with Crippen molar-refractivity contribution < 1.29 is 9.53 Å². The number of carbonyl (C=O) groups excluding carboxylic acids is 1. The van der Waals surface area contributed by atoms with Crippen LogP contribution in [0.1, 0.15) is 12.5 Å². The average Bonchev–Trinajstić information content (AvgIpc) is 2.43. The van der Waals surface area contributed by atoms with Crippen molar-refractivity contribution in [3.8, 4) is 0 Å². The molecule has 0 atom stereocenters. The zero-order chi connectivity index (χ0) is 13.7. The fourth-order valence-corrected chi connectivity index (χ4v) is 1.92. The lowest BCUT2D eigenvalue weighted by atomic mass is 10.1. The standard InChI is InChI=1S/C16H17NO2/c1-3-19-16(18)17(14-10-5-4-6-11-14)15-12-8-7-9-13(15)2/h4-12H,3H2,1-2H3. The Morgan fingerprint density at radius 1 is 1.05 bits per heavy atom. The fourth-order valence-electron chi connectivity index (χ4n) is 1.92. The van der Waals surface area contributed by atoms with Crippen LogP contribution < -0.4 is 4.90 Å². The number of hydrogen-bond acceptors (Lipinski definition) is 2. The van der Waals surface area contributed by atoms with E-state index in [0.717, 1.165) is 16.9 Å². The highest BCUT2D eigenvalue weighted by molar-refractivity contribution is 5.96. The molecule has 3 heteroatoms. The first-order valence-electron chi connectivity index (χ1n) is 6.31. The number of anilines is 2. The monoisotopic (exact) mass is 255 g/mol. The number of nitrogens with zero attached hydrogens (tertiary/aromatic N) is 1. The third-order valence-corrected chi connectivity index (χ3v) is 2.82. The third-order valence-electron chi connectivity index (χ3n) is 2.82. The summed E-state index contributed by atoms with van der Waals surface area (Å²) in [5, 5.41) is 0. The molecule has 1 amide bonds. The quantitative estimate of drug-likeness (QED) is 0.818. The molecular weight excluding hydrogens is 238 g/mol. The van der Waals surface area contributed by atoms with E-state index in [4.69, 9.17) is 4.74 Å². The van der Waals surface area contributed by atoms with Crippen LogP contribution in [0.2, 0.25) is 0 Å². The number of para-hydroxylation sites is 2. The minimum absolute atomic E-state index is 0.355. The Kier molecular flexibility index (Phi) is 4.18. The largest absolute Gasteiger partial charge is 0.449 e. The van der Waals surface area contributed by atoms with Gasteiger partial charge >= 0.3 is 6.09 Å². The van der Waals surface area contributed by atoms with Crippen LogP contribution in [0.25, 0.3) is 0 Å². The molecule has 0 fully saturated rings. The maximum Gasteiger partial charge on any atom is 0.418 e. The Hall–Kier alpha value is -2.29. The predicted molar refractivity (Wildman–Crippen MR) is 76.8 cm³/mol. The van der Waals surface area contributed by atoms with Gasteiger partial charge in [0.2, 0.25) is 0 Å². The number of benzene rings is 2. The summed E-state index contributed by atoms with van der Waals surface area (Å²) in [5.41, 5.74) is 2.67. The van der Waals surface area contributed by atoms with E-state index in [1.807, 2.05) is 61.5 Å². The van der Waals surface area contributed by atoms with Gasteiger partial charge in [0.25, 0.3) is 0 Å². The summed E-state index contributed by atoms with van der Waals surface area (Å²) in [4.78, 5) is 13.8. The highest BCUT2D eigenvalue weighted by atomic mass is 16.6. The molecule has 0 radical (unpaired) electrons. The van der Waals surface area contributed by atoms with E-state index in [1.54, 1.807) is 11.8 Å². The van der Waals surface area contributed by atoms with Gasteiger partial charge in [-0.2, -0.15) is 0 Å². The van der Waals surface area contributed by atoms with Crippen LogP contribution >= 0.6 is 0 Å². The predicted octanol–water partition coefficient (Wildman–Crippen LogP) is 4.29. The zero-order valence-corrected chi connectivity index (χ0v) is 11.2. The van der Waals surface area contributed by atoms with Crippen LogP contribution in [0.15, 0.2) is 54.6 Å². The Bertz CT molecular complexity index is 552. The molecule has 0 aliphatic heterocycles. The Morgan fingerprint density at radius 3 is 2.32 bits per heavy atom. The van der Waals surface area contributed by atoms with Crippen LogP contribution in [0.4, 0.5) is 16.2 Å². The van der Waals surface area contributed by atoms with Crippen LogP contribution in [0, 0.1) is 6.92 Å². The molecule has 0 aromatic heterocycles. The number of ether oxygens (including phenoxy) is 1. The summed E-state index contributed by atoms with van der Waals surface area (Å²) >= 11 is 0. The Labute approximate surface area is 113 Å². The summed E-state index contributed by atoms with van der Waals surface area (Å²) in [6, 6.07) is 17.3. The van der Waals surface area contributed by atoms with Gasteiger partial charge in [0.1, 0.15) is 0 Å². The van der Waals surface area contributed by atoms with Gasteiger partial charge in [0, 0.05) is 0 Å². The molecule has 0 aliphatic carbocycles. The highest BCUT2D eigenvalue weighted by Gasteiger charge is 2.20. The Balaban J connectivity index is 2.46. The molecular formula is C16H17NO2. The number of amides is 1. The number of rotatable bonds is 3. The molecule has 2 aromatic rings. The van der Waals surface area contributed by atoms with E-state index in [2.05, 4.69) is 0 Å². The minimum Gasteiger partial charge on any atom is -0.449 e. The summed E-state index contributed by atoms with van der Waals surface area (Å²) in [6.45, 7) is 4.14. The van der Waals surface area contributed by atoms with Gasteiger partial charge in [-0.25, -0.2) is 9.69 Å².